The van der Waals surface area contributed by atoms with Crippen molar-refractivity contribution in [3.63, 3.8) is 0 Å². The maximum atomic E-state index is 13.6. The molecule has 0 spiro atoms. The van der Waals surface area contributed by atoms with Gasteiger partial charge in [-0.2, -0.15) is 0 Å². The van der Waals surface area contributed by atoms with Gasteiger partial charge in [-0.1, -0.05) is 24.6 Å². The molecule has 3 aromatic rings. The van der Waals surface area contributed by atoms with Crippen molar-refractivity contribution in [3.8, 4) is 5.75 Å². The van der Waals surface area contributed by atoms with Gasteiger partial charge in [0.1, 0.15) is 5.75 Å². The van der Waals surface area contributed by atoms with Crippen LogP contribution in [0.4, 0.5) is 5.69 Å². The molecule has 2 aromatic carbocycles. The van der Waals surface area contributed by atoms with E-state index < -0.39 is 10.0 Å². The smallest absolute Gasteiger partial charge is 0.268 e. The number of piperazine rings is 1. The topological polar surface area (TPSA) is 63.6 Å². The lowest BCUT2D eigenvalue weighted by molar-refractivity contribution is 0.412. The number of aryl methyl sites for hydroxylation is 1. The molecule has 1 N–H and O–H groups in total. The third-order valence-corrected chi connectivity index (χ3v) is 7.27. The quantitative estimate of drug-likeness (QED) is 0.667. The van der Waals surface area contributed by atoms with Crippen LogP contribution in [0.5, 0.6) is 5.75 Å². The second kappa shape index (κ2) is 7.89. The number of ether oxygens (including phenoxy) is 1. The Bertz CT molecular complexity index is 1150. The normalized spacial score (nSPS) is 15.1. The summed E-state index contributed by atoms with van der Waals surface area (Å²) in [5.74, 6) is 0.667. The van der Waals surface area contributed by atoms with Crippen LogP contribution in [0.1, 0.15) is 12.5 Å². The third-order valence-electron chi connectivity index (χ3n) is 5.36. The maximum Gasteiger partial charge on any atom is 0.268 e. The van der Waals surface area contributed by atoms with E-state index in [-0.39, 0.29) is 4.90 Å². The fourth-order valence-electron chi connectivity index (χ4n) is 3.82. The molecule has 0 saturated carbocycles. The summed E-state index contributed by atoms with van der Waals surface area (Å²) in [6.45, 7) is 5.29. The summed E-state index contributed by atoms with van der Waals surface area (Å²) in [7, 11) is -2.20. The zero-order valence-corrected chi connectivity index (χ0v) is 18.1. The van der Waals surface area contributed by atoms with Crippen molar-refractivity contribution in [2.24, 2.45) is 0 Å². The first-order chi connectivity index (χ1) is 14.0. The van der Waals surface area contributed by atoms with E-state index in [1.807, 2.05) is 13.0 Å². The van der Waals surface area contributed by atoms with Gasteiger partial charge in [-0.25, -0.2) is 12.4 Å². The maximum absolute atomic E-state index is 13.6. The van der Waals surface area contributed by atoms with Gasteiger partial charge in [-0.15, -0.1) is 0 Å². The lowest BCUT2D eigenvalue weighted by atomic mass is 10.1. The molecule has 1 saturated heterocycles. The molecule has 4 rings (SSSR count). The number of aromatic nitrogens is 1. The van der Waals surface area contributed by atoms with E-state index >= 15 is 0 Å². The molecule has 1 aromatic heterocycles. The molecule has 0 radical (unpaired) electrons. The molecule has 2 heterocycles. The van der Waals surface area contributed by atoms with E-state index in [1.54, 1.807) is 43.6 Å². The van der Waals surface area contributed by atoms with Gasteiger partial charge in [-0.05, 0) is 42.3 Å². The summed E-state index contributed by atoms with van der Waals surface area (Å²) in [4.78, 5) is 2.38. The van der Waals surface area contributed by atoms with Gasteiger partial charge in [0.15, 0.2) is 0 Å². The van der Waals surface area contributed by atoms with Crippen molar-refractivity contribution < 1.29 is 13.2 Å². The third kappa shape index (κ3) is 3.58. The summed E-state index contributed by atoms with van der Waals surface area (Å²) in [6.07, 6.45) is 2.43. The first-order valence-corrected chi connectivity index (χ1v) is 11.5. The Morgan fingerprint density at radius 2 is 1.90 bits per heavy atom. The van der Waals surface area contributed by atoms with E-state index in [4.69, 9.17) is 16.3 Å². The molecule has 0 amide bonds. The van der Waals surface area contributed by atoms with Crippen LogP contribution in [0.15, 0.2) is 47.5 Å². The number of nitrogens with zero attached hydrogens (tertiary/aromatic N) is 2. The molecule has 0 aliphatic carbocycles. The number of anilines is 1. The largest absolute Gasteiger partial charge is 0.495 e. The number of hydrogen-bond acceptors (Lipinski definition) is 5. The second-order valence-electron chi connectivity index (χ2n) is 7.04. The molecule has 0 unspecified atom stereocenters. The molecule has 1 aliphatic rings. The molecule has 1 aliphatic heterocycles. The van der Waals surface area contributed by atoms with Gasteiger partial charge in [0.2, 0.25) is 0 Å². The molecular weight excluding hydrogens is 410 g/mol. The van der Waals surface area contributed by atoms with Crippen LogP contribution in [0.25, 0.3) is 10.9 Å². The zero-order valence-electron chi connectivity index (χ0n) is 16.5. The molecular formula is C21H24ClN3O3S. The van der Waals surface area contributed by atoms with E-state index in [0.29, 0.717) is 16.3 Å². The standard InChI is InChI=1S/C21H24ClN3O3S/c1-3-15-14-25(19-12-16(22)4-6-18(15)19)29(26,27)17-5-7-21(28-2)20(13-17)24-10-8-23-9-11-24/h4-7,12-14,23H,3,8-11H2,1-2H3. The molecule has 8 heteroatoms. The van der Waals surface area contributed by atoms with Crippen LogP contribution in [-0.4, -0.2) is 45.7 Å². The van der Waals surface area contributed by atoms with Crippen LogP contribution in [-0.2, 0) is 16.4 Å². The molecule has 6 nitrogen and oxygen atoms in total. The number of fused-ring (bicyclic) bond motifs is 1. The lowest BCUT2D eigenvalue weighted by Crippen LogP contribution is -2.43. The first-order valence-electron chi connectivity index (χ1n) is 9.64. The molecule has 0 bridgehead atoms. The molecule has 0 atom stereocenters. The summed E-state index contributed by atoms with van der Waals surface area (Å²) in [5, 5.41) is 4.71. The number of halogens is 1. The molecule has 29 heavy (non-hydrogen) atoms. The van der Waals surface area contributed by atoms with Gasteiger partial charge in [0.25, 0.3) is 10.0 Å². The summed E-state index contributed by atoms with van der Waals surface area (Å²) >= 11 is 6.17. The van der Waals surface area contributed by atoms with Crippen LogP contribution in [0.3, 0.4) is 0 Å². The zero-order chi connectivity index (χ0) is 20.6. The number of benzene rings is 2. The van der Waals surface area contributed by atoms with Crippen molar-refractivity contribution in [1.82, 2.24) is 9.29 Å². The Labute approximate surface area is 176 Å². The average molecular weight is 434 g/mol. The van der Waals surface area contributed by atoms with Crippen molar-refractivity contribution >= 4 is 38.2 Å². The predicted molar refractivity (Wildman–Crippen MR) is 117 cm³/mol. The highest BCUT2D eigenvalue weighted by Gasteiger charge is 2.24. The lowest BCUT2D eigenvalue weighted by Gasteiger charge is -2.30. The van der Waals surface area contributed by atoms with Gasteiger partial charge >= 0.3 is 0 Å². The fourth-order valence-corrected chi connectivity index (χ4v) is 5.39. The van der Waals surface area contributed by atoms with Crippen molar-refractivity contribution in [2.75, 3.05) is 38.2 Å². The summed E-state index contributed by atoms with van der Waals surface area (Å²) in [6, 6.07) is 10.4. The van der Waals surface area contributed by atoms with Gasteiger partial charge in [0, 0.05) is 42.8 Å². The minimum Gasteiger partial charge on any atom is -0.495 e. The SMILES string of the molecule is CCc1cn(S(=O)(=O)c2ccc(OC)c(N3CCNCC3)c2)c2cc(Cl)ccc12. The fraction of sp³-hybridized carbons (Fsp3) is 0.333. The van der Waals surface area contributed by atoms with Crippen molar-refractivity contribution in [2.45, 2.75) is 18.2 Å². The van der Waals surface area contributed by atoms with Crippen LogP contribution >= 0.6 is 11.6 Å². The van der Waals surface area contributed by atoms with Crippen LogP contribution in [0, 0.1) is 0 Å². The minimum absolute atomic E-state index is 0.228. The van der Waals surface area contributed by atoms with Gasteiger partial charge in [0.05, 0.1) is 23.2 Å². The van der Waals surface area contributed by atoms with Crippen LogP contribution in [0.2, 0.25) is 5.02 Å². The molecule has 1 fully saturated rings. The minimum atomic E-state index is -3.80. The van der Waals surface area contributed by atoms with E-state index in [0.717, 1.165) is 49.2 Å². The van der Waals surface area contributed by atoms with Crippen molar-refractivity contribution in [3.05, 3.63) is 53.2 Å². The van der Waals surface area contributed by atoms with E-state index in [2.05, 4.69) is 10.2 Å². The Hall–Kier alpha value is -2.22. The summed E-state index contributed by atoms with van der Waals surface area (Å²) in [5.41, 5.74) is 2.35. The Morgan fingerprint density at radius 1 is 1.14 bits per heavy atom. The van der Waals surface area contributed by atoms with Gasteiger partial charge in [-0.3, -0.25) is 0 Å². The number of rotatable bonds is 5. The van der Waals surface area contributed by atoms with Crippen molar-refractivity contribution in [1.29, 1.82) is 0 Å². The highest BCUT2D eigenvalue weighted by molar-refractivity contribution is 7.90. The average Bonchev–Trinajstić information content (AvgIpc) is 3.12. The number of methoxy groups -OCH3 is 1. The van der Waals surface area contributed by atoms with Gasteiger partial charge < -0.3 is 15.0 Å². The number of hydrogen-bond donors (Lipinski definition) is 1. The van der Waals surface area contributed by atoms with Crippen LogP contribution < -0.4 is 15.0 Å². The van der Waals surface area contributed by atoms with E-state index in [9.17, 15) is 8.42 Å². The monoisotopic (exact) mass is 433 g/mol. The summed E-state index contributed by atoms with van der Waals surface area (Å²) < 4.78 is 34.0. The predicted octanol–water partition coefficient (Wildman–Crippen LogP) is 3.51. The highest BCUT2D eigenvalue weighted by Crippen LogP contribution is 2.34. The molecule has 154 valence electrons. The Kier molecular flexibility index (Phi) is 5.46. The van der Waals surface area contributed by atoms with E-state index in [1.165, 1.54) is 3.97 Å². The second-order valence-corrected chi connectivity index (χ2v) is 9.29. The highest BCUT2D eigenvalue weighted by atomic mass is 35.5. The first kappa shape index (κ1) is 20.1. The number of nitrogens with one attached hydrogen (secondary N) is 1. The Morgan fingerprint density at radius 3 is 2.59 bits per heavy atom. The Balaban J connectivity index is 1.86.